The second-order valence-corrected chi connectivity index (χ2v) is 3.54. The average molecular weight is 201 g/mol. The molecule has 0 aliphatic heterocycles. The first-order valence-electron chi connectivity index (χ1n) is 4.75. The molecule has 1 amide bonds. The number of ether oxygens (including phenoxy) is 1. The molecule has 0 heterocycles. The monoisotopic (exact) mass is 201 g/mol. The summed E-state index contributed by atoms with van der Waals surface area (Å²) >= 11 is 0. The zero-order chi connectivity index (χ0) is 11.0. The highest BCUT2D eigenvalue weighted by atomic mass is 16.5. The lowest BCUT2D eigenvalue weighted by Crippen LogP contribution is -2.38. The van der Waals surface area contributed by atoms with Gasteiger partial charge in [-0.2, -0.15) is 0 Å². The molecule has 0 saturated carbocycles. The van der Waals surface area contributed by atoms with Crippen molar-refractivity contribution in [2.45, 2.75) is 26.3 Å². The Morgan fingerprint density at radius 2 is 2.29 bits per heavy atom. The first-order chi connectivity index (χ1) is 6.60. The lowest BCUT2D eigenvalue weighted by molar-refractivity contribution is 0.142. The molecule has 0 bridgehead atoms. The van der Waals surface area contributed by atoms with Crippen LogP contribution in [0.3, 0.4) is 0 Å². The van der Waals surface area contributed by atoms with Crippen LogP contribution in [0, 0.1) is 5.92 Å². The van der Waals surface area contributed by atoms with Crippen LogP contribution in [0.4, 0.5) is 4.79 Å². The molecule has 0 fully saturated rings. The van der Waals surface area contributed by atoms with Gasteiger partial charge in [-0.15, -0.1) is 0 Å². The first-order valence-corrected chi connectivity index (χ1v) is 4.75. The smallest absolute Gasteiger partial charge is 0.407 e. The average Bonchev–Trinajstić information content (AvgIpc) is 2.12. The third-order valence-electron chi connectivity index (χ3n) is 1.63. The van der Waals surface area contributed by atoms with Gasteiger partial charge in [0.15, 0.2) is 0 Å². The molecule has 0 aromatic heterocycles. The summed E-state index contributed by atoms with van der Waals surface area (Å²) in [6, 6.07) is -0.229. The second-order valence-electron chi connectivity index (χ2n) is 3.54. The molecule has 82 valence electrons. The van der Waals surface area contributed by atoms with Crippen molar-refractivity contribution in [3.8, 4) is 0 Å². The molecule has 0 rings (SSSR count). The lowest BCUT2D eigenvalue weighted by Gasteiger charge is -2.17. The SMILES string of the molecule is C=CCOC(=O)NC(CO)CC(C)C. The van der Waals surface area contributed by atoms with E-state index in [1.165, 1.54) is 6.08 Å². The maximum atomic E-state index is 11.1. The van der Waals surface area contributed by atoms with Gasteiger partial charge in [0.1, 0.15) is 6.61 Å². The van der Waals surface area contributed by atoms with Crippen molar-refractivity contribution in [1.82, 2.24) is 5.32 Å². The number of carbonyl (C=O) groups is 1. The van der Waals surface area contributed by atoms with Gasteiger partial charge in [0, 0.05) is 0 Å². The predicted molar refractivity (Wildman–Crippen MR) is 55.0 cm³/mol. The van der Waals surface area contributed by atoms with E-state index in [4.69, 9.17) is 9.84 Å². The van der Waals surface area contributed by atoms with Crippen LogP contribution in [0.2, 0.25) is 0 Å². The third kappa shape index (κ3) is 6.48. The molecule has 0 aromatic rings. The lowest BCUT2D eigenvalue weighted by atomic mass is 10.0. The van der Waals surface area contributed by atoms with Gasteiger partial charge < -0.3 is 15.2 Å². The Labute approximate surface area is 85.0 Å². The Morgan fingerprint density at radius 3 is 2.71 bits per heavy atom. The van der Waals surface area contributed by atoms with E-state index in [1.807, 2.05) is 13.8 Å². The molecule has 1 unspecified atom stereocenters. The van der Waals surface area contributed by atoms with Crippen LogP contribution in [-0.2, 0) is 4.74 Å². The van der Waals surface area contributed by atoms with Gasteiger partial charge in [0.25, 0.3) is 0 Å². The summed E-state index contributed by atoms with van der Waals surface area (Å²) in [6.07, 6.45) is 1.72. The standard InChI is InChI=1S/C10H19NO3/c1-4-5-14-10(13)11-9(7-12)6-8(2)3/h4,8-9,12H,1,5-7H2,2-3H3,(H,11,13). The summed E-state index contributed by atoms with van der Waals surface area (Å²) in [5.74, 6) is 0.423. The molecule has 2 N–H and O–H groups in total. The first kappa shape index (κ1) is 13.0. The van der Waals surface area contributed by atoms with Crippen molar-refractivity contribution >= 4 is 6.09 Å². The van der Waals surface area contributed by atoms with Crippen molar-refractivity contribution < 1.29 is 14.6 Å². The zero-order valence-electron chi connectivity index (χ0n) is 8.82. The molecule has 0 aromatic carbocycles. The summed E-state index contributed by atoms with van der Waals surface area (Å²) in [5.41, 5.74) is 0. The highest BCUT2D eigenvalue weighted by Crippen LogP contribution is 2.04. The van der Waals surface area contributed by atoms with Crippen LogP contribution in [0.15, 0.2) is 12.7 Å². The number of nitrogens with one attached hydrogen (secondary N) is 1. The van der Waals surface area contributed by atoms with Gasteiger partial charge in [-0.3, -0.25) is 0 Å². The largest absolute Gasteiger partial charge is 0.445 e. The fraction of sp³-hybridized carbons (Fsp3) is 0.700. The van der Waals surface area contributed by atoms with Crippen molar-refractivity contribution in [3.63, 3.8) is 0 Å². The third-order valence-corrected chi connectivity index (χ3v) is 1.63. The molecule has 0 saturated heterocycles. The number of amides is 1. The van der Waals surface area contributed by atoms with E-state index >= 15 is 0 Å². The maximum absolute atomic E-state index is 11.1. The molecular formula is C10H19NO3. The van der Waals surface area contributed by atoms with Crippen LogP contribution in [0.5, 0.6) is 0 Å². The number of hydrogen-bond donors (Lipinski definition) is 2. The molecule has 4 heteroatoms. The number of hydrogen-bond acceptors (Lipinski definition) is 3. The van der Waals surface area contributed by atoms with Crippen LogP contribution in [0.1, 0.15) is 20.3 Å². The minimum absolute atomic E-state index is 0.0681. The molecule has 0 spiro atoms. The Morgan fingerprint density at radius 1 is 1.64 bits per heavy atom. The number of carbonyl (C=O) groups excluding carboxylic acids is 1. The molecular weight excluding hydrogens is 182 g/mol. The fourth-order valence-electron chi connectivity index (χ4n) is 1.09. The van der Waals surface area contributed by atoms with Gasteiger partial charge in [0.05, 0.1) is 12.6 Å². The van der Waals surface area contributed by atoms with E-state index in [-0.39, 0.29) is 19.3 Å². The summed E-state index contributed by atoms with van der Waals surface area (Å²) in [4.78, 5) is 11.1. The van der Waals surface area contributed by atoms with Crippen LogP contribution < -0.4 is 5.32 Å². The quantitative estimate of drug-likeness (QED) is 0.637. The van der Waals surface area contributed by atoms with E-state index in [9.17, 15) is 4.79 Å². The van der Waals surface area contributed by atoms with Crippen molar-refractivity contribution in [3.05, 3.63) is 12.7 Å². The Kier molecular flexibility index (Phi) is 6.84. The van der Waals surface area contributed by atoms with Crippen LogP contribution in [-0.4, -0.2) is 30.5 Å². The number of aliphatic hydroxyl groups excluding tert-OH is 1. The maximum Gasteiger partial charge on any atom is 0.407 e. The van der Waals surface area contributed by atoms with E-state index in [1.54, 1.807) is 0 Å². The molecule has 4 nitrogen and oxygen atoms in total. The highest BCUT2D eigenvalue weighted by molar-refractivity contribution is 5.67. The van der Waals surface area contributed by atoms with E-state index < -0.39 is 6.09 Å². The minimum atomic E-state index is -0.510. The molecule has 14 heavy (non-hydrogen) atoms. The van der Waals surface area contributed by atoms with Crippen molar-refractivity contribution in [1.29, 1.82) is 0 Å². The van der Waals surface area contributed by atoms with Gasteiger partial charge >= 0.3 is 6.09 Å². The van der Waals surface area contributed by atoms with E-state index in [2.05, 4.69) is 11.9 Å². The summed E-state index contributed by atoms with van der Waals surface area (Å²) in [6.45, 7) is 7.60. The summed E-state index contributed by atoms with van der Waals surface area (Å²) in [5, 5.41) is 11.5. The molecule has 0 aliphatic carbocycles. The second kappa shape index (κ2) is 7.38. The zero-order valence-corrected chi connectivity index (χ0v) is 8.82. The van der Waals surface area contributed by atoms with Crippen molar-refractivity contribution in [2.75, 3.05) is 13.2 Å². The minimum Gasteiger partial charge on any atom is -0.445 e. The van der Waals surface area contributed by atoms with Crippen LogP contribution >= 0.6 is 0 Å². The number of aliphatic hydroxyl groups is 1. The molecule has 0 radical (unpaired) electrons. The Balaban J connectivity index is 3.79. The normalized spacial score (nSPS) is 12.3. The number of rotatable bonds is 6. The Bertz CT molecular complexity index is 180. The topological polar surface area (TPSA) is 58.6 Å². The Hall–Kier alpha value is -1.03. The van der Waals surface area contributed by atoms with E-state index in [0.29, 0.717) is 5.92 Å². The predicted octanol–water partition coefficient (Wildman–Crippen LogP) is 1.31. The molecule has 1 atom stereocenters. The van der Waals surface area contributed by atoms with Gasteiger partial charge in [-0.1, -0.05) is 26.5 Å². The van der Waals surface area contributed by atoms with Gasteiger partial charge in [-0.25, -0.2) is 4.79 Å². The van der Waals surface area contributed by atoms with Gasteiger partial charge in [0.2, 0.25) is 0 Å². The van der Waals surface area contributed by atoms with E-state index in [0.717, 1.165) is 6.42 Å². The van der Waals surface area contributed by atoms with Crippen LogP contribution in [0.25, 0.3) is 0 Å². The van der Waals surface area contributed by atoms with Gasteiger partial charge in [-0.05, 0) is 12.3 Å². The van der Waals surface area contributed by atoms with Crippen molar-refractivity contribution in [2.24, 2.45) is 5.92 Å². The number of alkyl carbamates (subject to hydrolysis) is 1. The molecule has 0 aliphatic rings. The summed E-state index contributed by atoms with van der Waals surface area (Å²) in [7, 11) is 0. The fourth-order valence-corrected chi connectivity index (χ4v) is 1.09. The summed E-state index contributed by atoms with van der Waals surface area (Å²) < 4.78 is 4.73. The highest BCUT2D eigenvalue weighted by Gasteiger charge is 2.12.